The summed E-state index contributed by atoms with van der Waals surface area (Å²) in [4.78, 5) is 34.0. The fourth-order valence-corrected chi connectivity index (χ4v) is 2.46. The average Bonchev–Trinajstić information content (AvgIpc) is 2.48. The summed E-state index contributed by atoms with van der Waals surface area (Å²) in [5.74, 6) is -3.15. The number of amides is 3. The maximum absolute atomic E-state index is 12.0. The summed E-state index contributed by atoms with van der Waals surface area (Å²) >= 11 is 0. The molecule has 1 aliphatic rings. The Labute approximate surface area is 144 Å². The Kier molecular flexibility index (Phi) is 7.06. The third-order valence-electron chi connectivity index (χ3n) is 3.71. The molecule has 0 aromatic carbocycles. The Hall–Kier alpha value is -2.00. The van der Waals surface area contributed by atoms with Crippen molar-refractivity contribution in [2.45, 2.75) is 58.2 Å². The van der Waals surface area contributed by atoms with Crippen molar-refractivity contribution < 1.29 is 32.3 Å². The van der Waals surface area contributed by atoms with Gasteiger partial charge in [-0.3, -0.25) is 20.4 Å². The number of alkyl carbamates (subject to hydrolysis) is 1. The number of rotatable bonds is 3. The third-order valence-corrected chi connectivity index (χ3v) is 3.71. The van der Waals surface area contributed by atoms with Crippen LogP contribution < -0.4 is 16.2 Å². The molecule has 3 N–H and O–H groups in total. The lowest BCUT2D eigenvalue weighted by atomic mass is 9.81. The maximum atomic E-state index is 12.0. The van der Waals surface area contributed by atoms with Crippen LogP contribution in [0.2, 0.25) is 0 Å². The van der Waals surface area contributed by atoms with Gasteiger partial charge in [-0.25, -0.2) is 4.79 Å². The van der Waals surface area contributed by atoms with Crippen LogP contribution >= 0.6 is 0 Å². The molecule has 3 amide bonds. The predicted molar refractivity (Wildman–Crippen MR) is 82.0 cm³/mol. The normalized spacial score (nSPS) is 21.2. The molecule has 0 heterocycles. The molecule has 0 aliphatic heterocycles. The third kappa shape index (κ3) is 8.08. The van der Waals surface area contributed by atoms with Crippen molar-refractivity contribution >= 4 is 17.9 Å². The van der Waals surface area contributed by atoms with Crippen molar-refractivity contribution in [1.82, 2.24) is 16.2 Å². The van der Waals surface area contributed by atoms with Crippen LogP contribution in [0.15, 0.2) is 0 Å². The number of hydrogen-bond donors (Lipinski definition) is 3. The predicted octanol–water partition coefficient (Wildman–Crippen LogP) is 2.03. The molecule has 1 rings (SSSR count). The molecule has 0 bridgehead atoms. The molecule has 0 aromatic rings. The first-order chi connectivity index (χ1) is 11.4. The van der Waals surface area contributed by atoms with Crippen LogP contribution in [0.4, 0.5) is 18.0 Å². The second-order valence-electron chi connectivity index (χ2n) is 7.04. The van der Waals surface area contributed by atoms with E-state index in [1.54, 1.807) is 26.2 Å². The zero-order valence-electron chi connectivity index (χ0n) is 14.5. The van der Waals surface area contributed by atoms with Gasteiger partial charge in [0.05, 0.1) is 0 Å². The fraction of sp³-hybridized carbons (Fsp3) is 0.800. The minimum Gasteiger partial charge on any atom is -0.444 e. The van der Waals surface area contributed by atoms with E-state index in [1.807, 2.05) is 0 Å². The number of halogens is 3. The van der Waals surface area contributed by atoms with E-state index in [-0.39, 0.29) is 5.92 Å². The number of carbonyl (C=O) groups excluding carboxylic acids is 3. The van der Waals surface area contributed by atoms with Gasteiger partial charge in [0.2, 0.25) is 5.91 Å². The van der Waals surface area contributed by atoms with E-state index in [9.17, 15) is 27.6 Å². The largest absolute Gasteiger partial charge is 0.472 e. The maximum Gasteiger partial charge on any atom is 0.472 e. The van der Waals surface area contributed by atoms with Crippen LogP contribution in [0.5, 0.6) is 0 Å². The Morgan fingerprint density at radius 2 is 1.56 bits per heavy atom. The summed E-state index contributed by atoms with van der Waals surface area (Å²) < 4.78 is 41.2. The van der Waals surface area contributed by atoms with Crippen molar-refractivity contribution in [1.29, 1.82) is 0 Å². The zero-order valence-corrected chi connectivity index (χ0v) is 14.5. The molecule has 10 heteroatoms. The van der Waals surface area contributed by atoms with E-state index in [2.05, 4.69) is 5.32 Å². The van der Waals surface area contributed by atoms with Crippen molar-refractivity contribution in [3.8, 4) is 0 Å². The SMILES string of the molecule is CC(C)(C)OC(=O)NC[C@H]1CC[C@H](C(=O)NNC(=O)C(F)(F)F)CC1. The van der Waals surface area contributed by atoms with E-state index in [4.69, 9.17) is 4.74 Å². The van der Waals surface area contributed by atoms with Crippen LogP contribution in [0.1, 0.15) is 46.5 Å². The number of alkyl halides is 3. The van der Waals surface area contributed by atoms with Crippen molar-refractivity contribution in [3.05, 3.63) is 0 Å². The molecule has 0 unspecified atom stereocenters. The second kappa shape index (κ2) is 8.39. The summed E-state index contributed by atoms with van der Waals surface area (Å²) in [5.41, 5.74) is 2.57. The summed E-state index contributed by atoms with van der Waals surface area (Å²) in [7, 11) is 0. The fourth-order valence-electron chi connectivity index (χ4n) is 2.46. The molecule has 0 aromatic heterocycles. The van der Waals surface area contributed by atoms with Gasteiger partial charge in [0.15, 0.2) is 0 Å². The van der Waals surface area contributed by atoms with Crippen LogP contribution in [0.25, 0.3) is 0 Å². The quantitative estimate of drug-likeness (QED) is 0.665. The van der Waals surface area contributed by atoms with E-state index in [0.29, 0.717) is 32.2 Å². The highest BCUT2D eigenvalue weighted by Crippen LogP contribution is 2.28. The van der Waals surface area contributed by atoms with Crippen LogP contribution in [-0.4, -0.2) is 36.2 Å². The molecule has 144 valence electrons. The van der Waals surface area contributed by atoms with E-state index in [0.717, 1.165) is 0 Å². The number of hydrogen-bond acceptors (Lipinski definition) is 4. The number of hydrazine groups is 1. The highest BCUT2D eigenvalue weighted by molar-refractivity contribution is 5.86. The number of nitrogens with one attached hydrogen (secondary N) is 3. The van der Waals surface area contributed by atoms with Crippen LogP contribution in [-0.2, 0) is 14.3 Å². The molecule has 0 saturated heterocycles. The van der Waals surface area contributed by atoms with Gasteiger partial charge in [0.1, 0.15) is 5.60 Å². The molecule has 1 aliphatic carbocycles. The van der Waals surface area contributed by atoms with Crippen molar-refractivity contribution in [2.75, 3.05) is 6.54 Å². The minimum absolute atomic E-state index is 0.168. The smallest absolute Gasteiger partial charge is 0.444 e. The molecule has 1 saturated carbocycles. The minimum atomic E-state index is -5.04. The molecule has 1 fully saturated rings. The lowest BCUT2D eigenvalue weighted by Crippen LogP contribution is -2.50. The van der Waals surface area contributed by atoms with Gasteiger partial charge in [-0.1, -0.05) is 0 Å². The Morgan fingerprint density at radius 3 is 2.04 bits per heavy atom. The lowest BCUT2D eigenvalue weighted by Gasteiger charge is -2.28. The molecule has 25 heavy (non-hydrogen) atoms. The molecular formula is C15H24F3N3O4. The monoisotopic (exact) mass is 367 g/mol. The number of carbonyl (C=O) groups is 3. The first kappa shape index (κ1) is 21.0. The van der Waals surface area contributed by atoms with Crippen molar-refractivity contribution in [3.63, 3.8) is 0 Å². The van der Waals surface area contributed by atoms with Gasteiger partial charge in [-0.05, 0) is 52.4 Å². The van der Waals surface area contributed by atoms with Gasteiger partial charge in [-0.2, -0.15) is 13.2 Å². The molecule has 0 atom stereocenters. The summed E-state index contributed by atoms with van der Waals surface area (Å²) in [6, 6.07) is 0. The first-order valence-electron chi connectivity index (χ1n) is 8.02. The topological polar surface area (TPSA) is 96.5 Å². The highest BCUT2D eigenvalue weighted by Gasteiger charge is 2.39. The van der Waals surface area contributed by atoms with Crippen molar-refractivity contribution in [2.24, 2.45) is 11.8 Å². The van der Waals surface area contributed by atoms with Gasteiger partial charge in [-0.15, -0.1) is 0 Å². The standard InChI is InChI=1S/C15H24F3N3O4/c1-14(2,3)25-13(24)19-8-9-4-6-10(7-5-9)11(22)20-21-12(23)15(16,17)18/h9-10H,4-8H2,1-3H3,(H,19,24)(H,20,22)(H,21,23)/t9-,10-. The summed E-state index contributed by atoms with van der Waals surface area (Å²) in [6.45, 7) is 5.68. The Balaban J connectivity index is 2.28. The van der Waals surface area contributed by atoms with Crippen LogP contribution in [0.3, 0.4) is 0 Å². The first-order valence-corrected chi connectivity index (χ1v) is 8.02. The zero-order chi connectivity index (χ0) is 19.3. The van der Waals surface area contributed by atoms with Gasteiger partial charge in [0.25, 0.3) is 0 Å². The molecule has 0 radical (unpaired) electrons. The Morgan fingerprint density at radius 1 is 1.00 bits per heavy atom. The van der Waals surface area contributed by atoms with Gasteiger partial charge in [0, 0.05) is 12.5 Å². The van der Waals surface area contributed by atoms with E-state index in [1.165, 1.54) is 5.43 Å². The summed E-state index contributed by atoms with van der Waals surface area (Å²) in [6.07, 6.45) is -3.34. The van der Waals surface area contributed by atoms with Crippen LogP contribution in [0, 0.1) is 11.8 Å². The molecule has 7 nitrogen and oxygen atoms in total. The van der Waals surface area contributed by atoms with Gasteiger partial charge >= 0.3 is 18.2 Å². The number of ether oxygens (including phenoxy) is 1. The second-order valence-corrected chi connectivity index (χ2v) is 7.04. The molecular weight excluding hydrogens is 343 g/mol. The highest BCUT2D eigenvalue weighted by atomic mass is 19.4. The van der Waals surface area contributed by atoms with E-state index >= 15 is 0 Å². The lowest BCUT2D eigenvalue weighted by molar-refractivity contribution is -0.175. The van der Waals surface area contributed by atoms with Gasteiger partial charge < -0.3 is 10.1 Å². The average molecular weight is 367 g/mol. The summed E-state index contributed by atoms with van der Waals surface area (Å²) in [5, 5.41) is 2.67. The van der Waals surface area contributed by atoms with E-state index < -0.39 is 35.6 Å². The molecule has 0 spiro atoms. The Bertz CT molecular complexity index is 495.